The molecule has 0 amide bonds. The summed E-state index contributed by atoms with van der Waals surface area (Å²) in [6.07, 6.45) is 17.3. The first-order valence-electron chi connectivity index (χ1n) is 15.9. The minimum Gasteiger partial charge on any atom is -0.545 e. The molecule has 0 heterocycles. The van der Waals surface area contributed by atoms with Gasteiger partial charge in [0.15, 0.2) is 0 Å². The molecule has 0 unspecified atom stereocenters. The minimum absolute atomic E-state index is 0.384. The van der Waals surface area contributed by atoms with Crippen LogP contribution in [0.4, 0.5) is 0 Å². The Kier molecular flexibility index (Phi) is 30.9. The molecule has 0 rings (SSSR count). The van der Waals surface area contributed by atoms with E-state index in [9.17, 15) is 19.8 Å². The molecular formula is C32H66N2O4. The molecule has 0 aromatic carbocycles. The van der Waals surface area contributed by atoms with Gasteiger partial charge in [-0.05, 0) is 64.5 Å². The number of carbonyl (C=O) groups excluding carboxylic acids is 2. The van der Waals surface area contributed by atoms with Gasteiger partial charge in [-0.3, -0.25) is 0 Å². The normalized spacial score (nSPS) is 11.5. The first-order valence-corrected chi connectivity index (χ1v) is 15.9. The summed E-state index contributed by atoms with van der Waals surface area (Å²) in [4.78, 5) is 18.8. The van der Waals surface area contributed by atoms with E-state index in [2.05, 4.69) is 55.4 Å². The summed E-state index contributed by atoms with van der Waals surface area (Å²) in [6, 6.07) is 0. The summed E-state index contributed by atoms with van der Waals surface area (Å²) in [6.45, 7) is 29.7. The molecule has 0 saturated carbocycles. The molecule has 6 nitrogen and oxygen atoms in total. The first kappa shape index (κ1) is 41.1. The number of hydrogen-bond donors (Lipinski definition) is 0. The summed E-state index contributed by atoms with van der Waals surface area (Å²) < 4.78 is 2.77. The molecule has 6 heteroatoms. The SMILES string of the molecule is CCCC[N+](CC)(CCCC)CCCC.CCCC[N+](CC)(CCCC)CCCC.O=C([O-])/C=C/C(=O)[O-]. The zero-order valence-corrected chi connectivity index (χ0v) is 26.8. The van der Waals surface area contributed by atoms with Crippen molar-refractivity contribution in [2.45, 2.75) is 132 Å². The van der Waals surface area contributed by atoms with Crippen molar-refractivity contribution >= 4 is 11.9 Å². The molecule has 0 aromatic rings. The Morgan fingerprint density at radius 3 is 0.737 bits per heavy atom. The van der Waals surface area contributed by atoms with Crippen molar-refractivity contribution in [3.8, 4) is 0 Å². The molecule has 0 aromatic heterocycles. The Morgan fingerprint density at radius 1 is 0.447 bits per heavy atom. The number of carboxylic acid groups (broad SMARTS) is 2. The summed E-state index contributed by atoms with van der Waals surface area (Å²) in [5.74, 6) is -3.09. The fourth-order valence-corrected chi connectivity index (χ4v) is 4.72. The van der Waals surface area contributed by atoms with Crippen molar-refractivity contribution in [3.63, 3.8) is 0 Å². The van der Waals surface area contributed by atoms with E-state index < -0.39 is 11.9 Å². The van der Waals surface area contributed by atoms with Gasteiger partial charge < -0.3 is 28.8 Å². The van der Waals surface area contributed by atoms with E-state index in [1.807, 2.05) is 0 Å². The fourth-order valence-electron chi connectivity index (χ4n) is 4.72. The topological polar surface area (TPSA) is 80.3 Å². The smallest absolute Gasteiger partial charge is 0.0786 e. The van der Waals surface area contributed by atoms with Gasteiger partial charge >= 0.3 is 0 Å². The van der Waals surface area contributed by atoms with E-state index in [0.717, 1.165) is 0 Å². The van der Waals surface area contributed by atoms with Crippen LogP contribution in [0.15, 0.2) is 12.2 Å². The van der Waals surface area contributed by atoms with Gasteiger partial charge in [0.25, 0.3) is 0 Å². The molecule has 0 radical (unpaired) electrons. The maximum atomic E-state index is 9.41. The molecule has 0 fully saturated rings. The number of rotatable bonds is 22. The summed E-state index contributed by atoms with van der Waals surface area (Å²) in [5, 5.41) is 18.8. The van der Waals surface area contributed by atoms with Crippen molar-refractivity contribution < 1.29 is 28.8 Å². The number of hydrogen-bond acceptors (Lipinski definition) is 4. The van der Waals surface area contributed by atoms with Crippen molar-refractivity contribution in [3.05, 3.63) is 12.2 Å². The van der Waals surface area contributed by atoms with Gasteiger partial charge in [0, 0.05) is 0 Å². The number of aliphatic carboxylic acids is 2. The highest BCUT2D eigenvalue weighted by Gasteiger charge is 2.23. The van der Waals surface area contributed by atoms with Crippen LogP contribution in [0.25, 0.3) is 0 Å². The van der Waals surface area contributed by atoms with Crippen molar-refractivity contribution in [2.75, 3.05) is 52.4 Å². The van der Waals surface area contributed by atoms with E-state index in [0.29, 0.717) is 12.2 Å². The van der Waals surface area contributed by atoms with E-state index >= 15 is 0 Å². The Hall–Kier alpha value is -1.40. The first-order chi connectivity index (χ1) is 18.1. The fraction of sp³-hybridized carbons (Fsp3) is 0.875. The largest absolute Gasteiger partial charge is 0.545 e. The quantitative estimate of drug-likeness (QED) is 0.134. The van der Waals surface area contributed by atoms with Gasteiger partial charge in [-0.2, -0.15) is 0 Å². The number of carboxylic acids is 2. The molecule has 0 aliphatic heterocycles. The van der Waals surface area contributed by atoms with Gasteiger partial charge in [0.2, 0.25) is 0 Å². The number of quaternary nitrogens is 2. The third kappa shape index (κ3) is 24.9. The second kappa shape index (κ2) is 28.6. The van der Waals surface area contributed by atoms with E-state index in [1.165, 1.54) is 138 Å². The van der Waals surface area contributed by atoms with E-state index in [4.69, 9.17) is 0 Å². The van der Waals surface area contributed by atoms with Crippen LogP contribution in [0.2, 0.25) is 0 Å². The zero-order valence-electron chi connectivity index (χ0n) is 26.8. The van der Waals surface area contributed by atoms with Gasteiger partial charge in [-0.1, -0.05) is 80.1 Å². The lowest BCUT2D eigenvalue weighted by molar-refractivity contribution is -0.927. The van der Waals surface area contributed by atoms with Crippen LogP contribution in [-0.2, 0) is 9.59 Å². The maximum Gasteiger partial charge on any atom is 0.0786 e. The molecule has 0 atom stereocenters. The highest BCUT2D eigenvalue weighted by atomic mass is 16.4. The molecule has 0 aliphatic carbocycles. The Balaban J connectivity index is -0.000000508. The van der Waals surface area contributed by atoms with Crippen LogP contribution in [0.1, 0.15) is 132 Å². The van der Waals surface area contributed by atoms with Crippen LogP contribution >= 0.6 is 0 Å². The van der Waals surface area contributed by atoms with Gasteiger partial charge in [0.05, 0.1) is 64.3 Å². The zero-order chi connectivity index (χ0) is 29.7. The van der Waals surface area contributed by atoms with Crippen LogP contribution < -0.4 is 10.2 Å². The van der Waals surface area contributed by atoms with Crippen LogP contribution in [0, 0.1) is 0 Å². The molecule has 0 N–H and O–H groups in total. The van der Waals surface area contributed by atoms with Gasteiger partial charge in [0.1, 0.15) is 0 Å². The van der Waals surface area contributed by atoms with Crippen LogP contribution in [0.5, 0.6) is 0 Å². The molecule has 0 spiro atoms. The number of unbranched alkanes of at least 4 members (excludes halogenated alkanes) is 6. The van der Waals surface area contributed by atoms with Crippen LogP contribution in [0.3, 0.4) is 0 Å². The summed E-state index contributed by atoms with van der Waals surface area (Å²) >= 11 is 0. The molecule has 228 valence electrons. The van der Waals surface area contributed by atoms with Gasteiger partial charge in [-0.25, -0.2) is 0 Å². The van der Waals surface area contributed by atoms with E-state index in [-0.39, 0.29) is 0 Å². The average molecular weight is 543 g/mol. The molecular weight excluding hydrogens is 476 g/mol. The minimum atomic E-state index is -1.55. The monoisotopic (exact) mass is 543 g/mol. The predicted octanol–water partition coefficient (Wildman–Crippen LogP) is 5.49. The molecule has 38 heavy (non-hydrogen) atoms. The molecule has 0 bridgehead atoms. The molecule has 0 saturated heterocycles. The standard InChI is InChI=1S/2C14H32N.C4H4O4/c2*1-5-9-12-15(8-4,13-10-6-2)14-11-7-3;5-3(6)1-2-4(7)8/h2*5-14H2,1-4H3;1-2H,(H,5,6)(H,7,8)/q2*+1;/p-2/b;;2-1+. The van der Waals surface area contributed by atoms with Crippen molar-refractivity contribution in [2.24, 2.45) is 0 Å². The third-order valence-electron chi connectivity index (χ3n) is 7.61. The third-order valence-corrected chi connectivity index (χ3v) is 7.61. The van der Waals surface area contributed by atoms with Crippen molar-refractivity contribution in [1.82, 2.24) is 0 Å². The van der Waals surface area contributed by atoms with Gasteiger partial charge in [-0.15, -0.1) is 0 Å². The summed E-state index contributed by atoms with van der Waals surface area (Å²) in [5.41, 5.74) is 0. The lowest BCUT2D eigenvalue weighted by Crippen LogP contribution is -2.49. The Bertz CT molecular complexity index is 472. The second-order valence-corrected chi connectivity index (χ2v) is 10.8. The lowest BCUT2D eigenvalue weighted by Gasteiger charge is -2.38. The Labute approximate surface area is 237 Å². The Morgan fingerprint density at radius 2 is 0.632 bits per heavy atom. The number of nitrogens with zero attached hydrogens (tertiary/aromatic N) is 2. The van der Waals surface area contributed by atoms with E-state index in [1.54, 1.807) is 0 Å². The highest BCUT2D eigenvalue weighted by Crippen LogP contribution is 2.15. The summed E-state index contributed by atoms with van der Waals surface area (Å²) in [7, 11) is 0. The number of carbonyl (C=O) groups is 2. The average Bonchev–Trinajstić information content (AvgIpc) is 2.92. The van der Waals surface area contributed by atoms with Crippen molar-refractivity contribution in [1.29, 1.82) is 0 Å². The molecule has 0 aliphatic rings. The van der Waals surface area contributed by atoms with Crippen LogP contribution in [-0.4, -0.2) is 73.3 Å². The maximum absolute atomic E-state index is 9.41. The highest BCUT2D eigenvalue weighted by molar-refractivity contribution is 5.87. The predicted molar refractivity (Wildman–Crippen MR) is 159 cm³/mol. The second-order valence-electron chi connectivity index (χ2n) is 10.8. The lowest BCUT2D eigenvalue weighted by atomic mass is 10.1.